The Balaban J connectivity index is 1.98. The van der Waals surface area contributed by atoms with Gasteiger partial charge in [-0.2, -0.15) is 0 Å². The molecule has 1 N–H and O–H groups in total. The summed E-state index contributed by atoms with van der Waals surface area (Å²) in [5.41, 5.74) is 0.918. The van der Waals surface area contributed by atoms with Crippen LogP contribution in [0, 0.1) is 0 Å². The van der Waals surface area contributed by atoms with E-state index in [1.807, 2.05) is 0 Å². The molecule has 4 heteroatoms. The van der Waals surface area contributed by atoms with Crippen molar-refractivity contribution in [2.24, 2.45) is 5.16 Å². The lowest BCUT2D eigenvalue weighted by atomic mass is 10.00. The Morgan fingerprint density at radius 2 is 2.42 bits per heavy atom. The first-order valence-corrected chi connectivity index (χ1v) is 4.42. The lowest BCUT2D eigenvalue weighted by Crippen LogP contribution is -2.50. The number of nitrogens with zero attached hydrogens (tertiary/aromatic N) is 2. The molecule has 0 aromatic carbocycles. The van der Waals surface area contributed by atoms with E-state index in [9.17, 15) is 0 Å². The molecule has 2 aliphatic heterocycles. The van der Waals surface area contributed by atoms with Gasteiger partial charge in [0, 0.05) is 32.0 Å². The molecule has 0 bridgehead atoms. The van der Waals surface area contributed by atoms with Crippen LogP contribution in [0.3, 0.4) is 0 Å². The fourth-order valence-electron chi connectivity index (χ4n) is 1.91. The van der Waals surface area contributed by atoms with Crippen LogP contribution in [0.1, 0.15) is 12.8 Å². The summed E-state index contributed by atoms with van der Waals surface area (Å²) in [7, 11) is 0. The largest absolute Gasteiger partial charge is 0.411 e. The van der Waals surface area contributed by atoms with Gasteiger partial charge in [0.25, 0.3) is 0 Å². The lowest BCUT2D eigenvalue weighted by molar-refractivity contribution is -0.00868. The Morgan fingerprint density at radius 1 is 1.50 bits per heavy atom. The highest BCUT2D eigenvalue weighted by Gasteiger charge is 2.28. The van der Waals surface area contributed by atoms with E-state index in [1.54, 1.807) is 0 Å². The molecule has 2 aliphatic rings. The van der Waals surface area contributed by atoms with Crippen molar-refractivity contribution in [2.75, 3.05) is 26.3 Å². The maximum Gasteiger partial charge on any atom is 0.0626 e. The number of hydrogen-bond donors (Lipinski definition) is 1. The molecule has 2 heterocycles. The van der Waals surface area contributed by atoms with Crippen molar-refractivity contribution in [3.05, 3.63) is 0 Å². The van der Waals surface area contributed by atoms with E-state index in [-0.39, 0.29) is 0 Å². The topological polar surface area (TPSA) is 45.1 Å². The van der Waals surface area contributed by atoms with Crippen molar-refractivity contribution in [1.82, 2.24) is 4.90 Å². The highest BCUT2D eigenvalue weighted by molar-refractivity contribution is 5.85. The molecule has 1 atom stereocenters. The molecule has 0 aromatic rings. The van der Waals surface area contributed by atoms with E-state index in [0.717, 1.165) is 44.9 Å². The molecule has 68 valence electrons. The quantitative estimate of drug-likeness (QED) is 0.420. The summed E-state index contributed by atoms with van der Waals surface area (Å²) in [4.78, 5) is 2.41. The third-order valence-electron chi connectivity index (χ3n) is 2.65. The Labute approximate surface area is 71.8 Å². The van der Waals surface area contributed by atoms with Gasteiger partial charge in [-0.1, -0.05) is 5.16 Å². The van der Waals surface area contributed by atoms with Crippen LogP contribution in [0.5, 0.6) is 0 Å². The van der Waals surface area contributed by atoms with E-state index in [1.165, 1.54) is 0 Å². The van der Waals surface area contributed by atoms with Gasteiger partial charge >= 0.3 is 0 Å². The minimum atomic E-state index is 0.457. The van der Waals surface area contributed by atoms with E-state index >= 15 is 0 Å². The molecular formula is C8H14N2O2. The minimum absolute atomic E-state index is 0.457. The van der Waals surface area contributed by atoms with Crippen molar-refractivity contribution in [1.29, 1.82) is 0 Å². The fourth-order valence-corrected chi connectivity index (χ4v) is 1.91. The average molecular weight is 170 g/mol. The summed E-state index contributed by atoms with van der Waals surface area (Å²) >= 11 is 0. The monoisotopic (exact) mass is 170 g/mol. The molecule has 0 amide bonds. The second-order valence-electron chi connectivity index (χ2n) is 3.39. The van der Waals surface area contributed by atoms with Crippen LogP contribution < -0.4 is 0 Å². The Bertz CT molecular complexity index is 193. The zero-order valence-electron chi connectivity index (χ0n) is 7.07. The van der Waals surface area contributed by atoms with Gasteiger partial charge < -0.3 is 9.94 Å². The van der Waals surface area contributed by atoms with Gasteiger partial charge in [-0.3, -0.25) is 4.90 Å². The highest BCUT2D eigenvalue weighted by Crippen LogP contribution is 2.17. The van der Waals surface area contributed by atoms with Crippen LogP contribution in [-0.2, 0) is 4.74 Å². The summed E-state index contributed by atoms with van der Waals surface area (Å²) in [6.07, 6.45) is 1.78. The number of ether oxygens (including phenoxy) is 1. The van der Waals surface area contributed by atoms with E-state index < -0.39 is 0 Å². The fraction of sp³-hybridized carbons (Fsp3) is 0.875. The summed E-state index contributed by atoms with van der Waals surface area (Å²) in [6, 6.07) is 0.457. The molecule has 0 aliphatic carbocycles. The molecule has 0 aromatic heterocycles. The van der Waals surface area contributed by atoms with Gasteiger partial charge in [0.05, 0.1) is 18.9 Å². The van der Waals surface area contributed by atoms with Gasteiger partial charge in [-0.15, -0.1) is 0 Å². The smallest absolute Gasteiger partial charge is 0.0626 e. The lowest BCUT2D eigenvalue weighted by Gasteiger charge is -2.38. The van der Waals surface area contributed by atoms with Gasteiger partial charge in [0.2, 0.25) is 0 Å². The van der Waals surface area contributed by atoms with E-state index in [2.05, 4.69) is 10.1 Å². The Kier molecular flexibility index (Phi) is 2.28. The van der Waals surface area contributed by atoms with Crippen LogP contribution in [-0.4, -0.2) is 48.2 Å². The molecule has 0 radical (unpaired) electrons. The van der Waals surface area contributed by atoms with Crippen LogP contribution >= 0.6 is 0 Å². The van der Waals surface area contributed by atoms with Gasteiger partial charge in [-0.25, -0.2) is 0 Å². The predicted molar refractivity (Wildman–Crippen MR) is 44.6 cm³/mol. The third-order valence-corrected chi connectivity index (χ3v) is 2.65. The summed E-state index contributed by atoms with van der Waals surface area (Å²) < 4.78 is 5.35. The summed E-state index contributed by atoms with van der Waals surface area (Å²) in [5.74, 6) is 0. The predicted octanol–water partition coefficient (Wildman–Crippen LogP) is 0.311. The van der Waals surface area contributed by atoms with Crippen molar-refractivity contribution in [3.63, 3.8) is 0 Å². The van der Waals surface area contributed by atoms with Crippen molar-refractivity contribution in [2.45, 2.75) is 18.9 Å². The third kappa shape index (κ3) is 1.44. The first-order valence-electron chi connectivity index (χ1n) is 4.42. The van der Waals surface area contributed by atoms with Crippen LogP contribution in [0.2, 0.25) is 0 Å². The van der Waals surface area contributed by atoms with Crippen molar-refractivity contribution in [3.8, 4) is 0 Å². The first kappa shape index (κ1) is 8.01. The Morgan fingerprint density at radius 3 is 3.25 bits per heavy atom. The molecule has 1 unspecified atom stereocenters. The molecule has 2 rings (SSSR count). The SMILES string of the molecule is ON=C1CCN2CCOCC2C1. The van der Waals surface area contributed by atoms with Crippen LogP contribution in [0.4, 0.5) is 0 Å². The minimum Gasteiger partial charge on any atom is -0.411 e. The molecule has 12 heavy (non-hydrogen) atoms. The standard InChI is InChI=1S/C8H14N2O2/c11-9-7-1-2-10-3-4-12-6-8(10)5-7/h8,11H,1-6H2. The second-order valence-corrected chi connectivity index (χ2v) is 3.39. The number of piperidine rings is 1. The molecule has 4 nitrogen and oxygen atoms in total. The number of oxime groups is 1. The molecule has 2 fully saturated rings. The summed E-state index contributed by atoms with van der Waals surface area (Å²) in [6.45, 7) is 3.69. The molecule has 0 saturated carbocycles. The zero-order chi connectivity index (χ0) is 8.39. The van der Waals surface area contributed by atoms with E-state index in [4.69, 9.17) is 9.94 Å². The zero-order valence-corrected chi connectivity index (χ0v) is 7.07. The maximum absolute atomic E-state index is 8.61. The van der Waals surface area contributed by atoms with Crippen LogP contribution in [0.15, 0.2) is 5.16 Å². The van der Waals surface area contributed by atoms with Crippen molar-refractivity contribution >= 4 is 5.71 Å². The maximum atomic E-state index is 8.61. The number of hydrogen-bond acceptors (Lipinski definition) is 4. The molecule has 2 saturated heterocycles. The molecule has 0 spiro atoms. The summed E-state index contributed by atoms with van der Waals surface area (Å²) in [5, 5.41) is 11.9. The number of rotatable bonds is 0. The van der Waals surface area contributed by atoms with Crippen molar-refractivity contribution < 1.29 is 9.94 Å². The normalized spacial score (nSPS) is 35.0. The van der Waals surface area contributed by atoms with E-state index in [0.29, 0.717) is 6.04 Å². The molecular weight excluding hydrogens is 156 g/mol. The van der Waals surface area contributed by atoms with Crippen LogP contribution in [0.25, 0.3) is 0 Å². The average Bonchev–Trinajstić information content (AvgIpc) is 2.17. The van der Waals surface area contributed by atoms with Gasteiger partial charge in [-0.05, 0) is 0 Å². The number of fused-ring (bicyclic) bond motifs is 1. The Hall–Kier alpha value is -0.610. The first-order chi connectivity index (χ1) is 5.90. The second kappa shape index (κ2) is 3.41. The number of morpholine rings is 1. The van der Waals surface area contributed by atoms with Gasteiger partial charge in [0.1, 0.15) is 0 Å². The highest BCUT2D eigenvalue weighted by atomic mass is 16.5. The van der Waals surface area contributed by atoms with Gasteiger partial charge in [0.15, 0.2) is 0 Å².